The van der Waals surface area contributed by atoms with Gasteiger partial charge >= 0.3 is 0 Å². The summed E-state index contributed by atoms with van der Waals surface area (Å²) in [4.78, 5) is 4.77. The van der Waals surface area contributed by atoms with Gasteiger partial charge in [0, 0.05) is 24.0 Å². The van der Waals surface area contributed by atoms with Gasteiger partial charge in [-0.1, -0.05) is 18.2 Å². The highest BCUT2D eigenvalue weighted by atomic mass is 32.1. The van der Waals surface area contributed by atoms with E-state index in [1.807, 2.05) is 24.5 Å². The Bertz CT molecular complexity index is 725. The molecule has 0 amide bonds. The summed E-state index contributed by atoms with van der Waals surface area (Å²) in [7, 11) is 0. The van der Waals surface area contributed by atoms with Gasteiger partial charge in [0.1, 0.15) is 16.9 Å². The van der Waals surface area contributed by atoms with Gasteiger partial charge in [-0.3, -0.25) is 0 Å². The third kappa shape index (κ3) is 2.15. The van der Waals surface area contributed by atoms with Crippen molar-refractivity contribution in [2.45, 2.75) is 12.8 Å². The van der Waals surface area contributed by atoms with Gasteiger partial charge in [0.05, 0.1) is 11.3 Å². The Morgan fingerprint density at radius 1 is 1.30 bits per heavy atom. The maximum atomic E-state index is 5.59. The highest BCUT2D eigenvalue weighted by molar-refractivity contribution is 7.13. The topological polar surface area (TPSA) is 35.3 Å². The van der Waals surface area contributed by atoms with E-state index < -0.39 is 0 Å². The van der Waals surface area contributed by atoms with Crippen LogP contribution in [0.3, 0.4) is 0 Å². The van der Waals surface area contributed by atoms with Gasteiger partial charge in [-0.2, -0.15) is 0 Å². The minimum absolute atomic E-state index is 0.631. The van der Waals surface area contributed by atoms with E-state index in [0.717, 1.165) is 47.6 Å². The lowest BCUT2D eigenvalue weighted by atomic mass is 10.0. The van der Waals surface area contributed by atoms with Crippen LogP contribution < -0.4 is 0 Å². The molecule has 1 aromatic carbocycles. The molecule has 3 aromatic rings. The molecular weight excluding hydrogens is 270 g/mol. The largest absolute Gasteiger partial charge is 0.464 e. The molecule has 1 aliphatic rings. The number of para-hydroxylation sites is 1. The van der Waals surface area contributed by atoms with Crippen LogP contribution in [0.25, 0.3) is 21.5 Å². The molecule has 3 heterocycles. The van der Waals surface area contributed by atoms with Gasteiger partial charge in [0.25, 0.3) is 0 Å². The van der Waals surface area contributed by atoms with Crippen molar-refractivity contribution < 1.29 is 9.15 Å². The van der Waals surface area contributed by atoms with Crippen LogP contribution in [0, 0.1) is 5.92 Å². The first-order chi connectivity index (χ1) is 9.90. The molecule has 20 heavy (non-hydrogen) atoms. The van der Waals surface area contributed by atoms with Crippen molar-refractivity contribution in [1.82, 2.24) is 4.98 Å². The molecule has 1 saturated heterocycles. The minimum Gasteiger partial charge on any atom is -0.464 e. The minimum atomic E-state index is 0.631. The normalized spacial score (nSPS) is 18.9. The molecular formula is C16H15NO2S. The lowest BCUT2D eigenvalue weighted by Crippen LogP contribution is -2.03. The standard InChI is InChI=1S/C16H15NO2S/c1-2-4-15-13(3-1)14(9-19-15)16-17-12(10-20-16)7-11-5-6-18-8-11/h1-4,9-11H,5-8H2. The molecule has 0 saturated carbocycles. The summed E-state index contributed by atoms with van der Waals surface area (Å²) in [6.45, 7) is 1.77. The summed E-state index contributed by atoms with van der Waals surface area (Å²) in [6.07, 6.45) is 3.99. The van der Waals surface area contributed by atoms with Crippen molar-refractivity contribution in [3.8, 4) is 10.6 Å². The third-order valence-electron chi connectivity index (χ3n) is 3.78. The summed E-state index contributed by atoms with van der Waals surface area (Å²) in [5, 5.41) is 4.34. The molecule has 0 spiro atoms. The lowest BCUT2D eigenvalue weighted by Gasteiger charge is -2.03. The van der Waals surface area contributed by atoms with Crippen LogP contribution in [0.5, 0.6) is 0 Å². The second kappa shape index (κ2) is 5.04. The first-order valence-electron chi connectivity index (χ1n) is 6.89. The van der Waals surface area contributed by atoms with E-state index in [9.17, 15) is 0 Å². The Hall–Kier alpha value is -1.65. The van der Waals surface area contributed by atoms with Gasteiger partial charge in [-0.15, -0.1) is 11.3 Å². The summed E-state index contributed by atoms with van der Waals surface area (Å²) in [6, 6.07) is 8.10. The van der Waals surface area contributed by atoms with Crippen molar-refractivity contribution in [3.63, 3.8) is 0 Å². The third-order valence-corrected chi connectivity index (χ3v) is 4.71. The second-order valence-corrected chi connectivity index (χ2v) is 6.08. The molecule has 0 aliphatic carbocycles. The van der Waals surface area contributed by atoms with Gasteiger partial charge in [-0.25, -0.2) is 4.98 Å². The number of nitrogens with zero attached hydrogens (tertiary/aromatic N) is 1. The molecule has 0 radical (unpaired) electrons. The molecule has 1 aliphatic heterocycles. The smallest absolute Gasteiger partial charge is 0.134 e. The van der Waals surface area contributed by atoms with Gasteiger partial charge in [0.15, 0.2) is 0 Å². The number of fused-ring (bicyclic) bond motifs is 1. The maximum absolute atomic E-state index is 5.59. The average Bonchev–Trinajstić information content (AvgIpc) is 3.18. The summed E-state index contributed by atoms with van der Waals surface area (Å²) >= 11 is 1.69. The van der Waals surface area contributed by atoms with Crippen LogP contribution in [-0.2, 0) is 11.2 Å². The Morgan fingerprint density at radius 3 is 3.15 bits per heavy atom. The second-order valence-electron chi connectivity index (χ2n) is 5.22. The van der Waals surface area contributed by atoms with E-state index in [2.05, 4.69) is 11.4 Å². The molecule has 3 nitrogen and oxygen atoms in total. The summed E-state index contributed by atoms with van der Waals surface area (Å²) < 4.78 is 11.0. The quantitative estimate of drug-likeness (QED) is 0.725. The van der Waals surface area contributed by atoms with Crippen molar-refractivity contribution in [2.24, 2.45) is 5.92 Å². The maximum Gasteiger partial charge on any atom is 0.134 e. The van der Waals surface area contributed by atoms with Crippen LogP contribution in [0.2, 0.25) is 0 Å². The van der Waals surface area contributed by atoms with Crippen LogP contribution in [0.4, 0.5) is 0 Å². The van der Waals surface area contributed by atoms with E-state index in [-0.39, 0.29) is 0 Å². The van der Waals surface area contributed by atoms with Crippen molar-refractivity contribution in [2.75, 3.05) is 13.2 Å². The highest BCUT2D eigenvalue weighted by Gasteiger charge is 2.18. The zero-order chi connectivity index (χ0) is 13.4. The summed E-state index contributed by atoms with van der Waals surface area (Å²) in [5.41, 5.74) is 3.19. The van der Waals surface area contributed by atoms with Crippen molar-refractivity contribution >= 4 is 22.3 Å². The number of hydrogen-bond acceptors (Lipinski definition) is 4. The number of benzene rings is 1. The SMILES string of the molecule is c1ccc2c(-c3nc(CC4CCOC4)cs3)coc2c1. The van der Waals surface area contributed by atoms with E-state index in [4.69, 9.17) is 14.1 Å². The average molecular weight is 285 g/mol. The first-order valence-corrected chi connectivity index (χ1v) is 7.77. The predicted octanol–water partition coefficient (Wildman–Crippen LogP) is 4.14. The van der Waals surface area contributed by atoms with Gasteiger partial charge in [0.2, 0.25) is 0 Å². The Balaban J connectivity index is 1.64. The first kappa shape index (κ1) is 12.1. The molecule has 4 rings (SSSR count). The highest BCUT2D eigenvalue weighted by Crippen LogP contribution is 2.33. The van der Waals surface area contributed by atoms with Crippen LogP contribution in [-0.4, -0.2) is 18.2 Å². The fourth-order valence-corrected chi connectivity index (χ4v) is 3.56. The van der Waals surface area contributed by atoms with E-state index in [0.29, 0.717) is 5.92 Å². The molecule has 0 N–H and O–H groups in total. The number of hydrogen-bond donors (Lipinski definition) is 0. The van der Waals surface area contributed by atoms with E-state index in [1.54, 1.807) is 11.3 Å². The molecule has 4 heteroatoms. The Morgan fingerprint density at radius 2 is 2.25 bits per heavy atom. The molecule has 1 unspecified atom stereocenters. The fraction of sp³-hybridized carbons (Fsp3) is 0.312. The number of aromatic nitrogens is 1. The Kier molecular flexibility index (Phi) is 3.05. The number of furan rings is 1. The zero-order valence-electron chi connectivity index (χ0n) is 11.0. The summed E-state index contributed by atoms with van der Waals surface area (Å²) in [5.74, 6) is 0.631. The van der Waals surface area contributed by atoms with E-state index >= 15 is 0 Å². The molecule has 0 bridgehead atoms. The number of rotatable bonds is 3. The molecule has 102 valence electrons. The van der Waals surface area contributed by atoms with Crippen LogP contribution in [0.15, 0.2) is 40.3 Å². The van der Waals surface area contributed by atoms with Crippen molar-refractivity contribution in [3.05, 3.63) is 41.6 Å². The lowest BCUT2D eigenvalue weighted by molar-refractivity contribution is 0.185. The fourth-order valence-electron chi connectivity index (χ4n) is 2.71. The van der Waals surface area contributed by atoms with Crippen molar-refractivity contribution in [1.29, 1.82) is 0 Å². The number of ether oxygens (including phenoxy) is 1. The molecule has 1 atom stereocenters. The zero-order valence-corrected chi connectivity index (χ0v) is 11.9. The van der Waals surface area contributed by atoms with E-state index in [1.165, 1.54) is 5.69 Å². The molecule has 1 fully saturated rings. The van der Waals surface area contributed by atoms with Gasteiger partial charge < -0.3 is 9.15 Å². The van der Waals surface area contributed by atoms with Crippen LogP contribution >= 0.6 is 11.3 Å². The number of thiazole rings is 1. The monoisotopic (exact) mass is 285 g/mol. The van der Waals surface area contributed by atoms with Gasteiger partial charge in [-0.05, 0) is 24.8 Å². The predicted molar refractivity (Wildman–Crippen MR) is 80.0 cm³/mol. The molecule has 2 aromatic heterocycles. The van der Waals surface area contributed by atoms with Crippen LogP contribution in [0.1, 0.15) is 12.1 Å². The Labute approximate surface area is 121 Å².